The highest BCUT2D eigenvalue weighted by Crippen LogP contribution is 2.41. The number of anilines is 2. The molecule has 9 nitrogen and oxygen atoms in total. The van der Waals surface area contributed by atoms with Gasteiger partial charge in [0.15, 0.2) is 5.82 Å². The number of rotatable bonds is 7. The zero-order chi connectivity index (χ0) is 26.0. The largest absolute Gasteiger partial charge is 0.436 e. The summed E-state index contributed by atoms with van der Waals surface area (Å²) in [4.78, 5) is 13.3. The third kappa shape index (κ3) is 5.47. The predicted octanol–water partition coefficient (Wildman–Crippen LogP) is 4.47. The Balaban J connectivity index is 1.54. The van der Waals surface area contributed by atoms with Crippen molar-refractivity contribution in [3.63, 3.8) is 0 Å². The van der Waals surface area contributed by atoms with Crippen molar-refractivity contribution in [3.8, 4) is 22.9 Å². The number of aromatic nitrogens is 3. The third-order valence-corrected chi connectivity index (χ3v) is 6.74. The minimum atomic E-state index is -3.71. The fourth-order valence-electron chi connectivity index (χ4n) is 4.46. The van der Waals surface area contributed by atoms with E-state index >= 15 is 4.39 Å². The third-order valence-electron chi connectivity index (χ3n) is 6.16. The molecule has 2 aromatic heterocycles. The molecule has 1 atom stereocenters. The first-order chi connectivity index (χ1) is 17.8. The van der Waals surface area contributed by atoms with Gasteiger partial charge in [0.25, 0.3) is 0 Å². The predicted molar refractivity (Wildman–Crippen MR) is 142 cm³/mol. The first kappa shape index (κ1) is 24.8. The number of halogens is 1. The van der Waals surface area contributed by atoms with Crippen molar-refractivity contribution in [2.45, 2.75) is 25.8 Å². The summed E-state index contributed by atoms with van der Waals surface area (Å²) in [5, 5.41) is 7.74. The van der Waals surface area contributed by atoms with Crippen molar-refractivity contribution in [3.05, 3.63) is 66.4 Å². The summed E-state index contributed by atoms with van der Waals surface area (Å²) < 4.78 is 47.8. The SMILES string of the molecule is Cc1c(F)c(NS(C)(=O)=O)c2ccccc2c1Oc1nccnc1-c1ccnc(NC2CCCNC2)c1. The van der Waals surface area contributed by atoms with E-state index in [1.807, 2.05) is 12.1 Å². The van der Waals surface area contributed by atoms with Crippen LogP contribution in [0.4, 0.5) is 15.9 Å². The molecule has 3 N–H and O–H groups in total. The van der Waals surface area contributed by atoms with Crippen molar-refractivity contribution in [2.75, 3.05) is 29.4 Å². The van der Waals surface area contributed by atoms with Crippen LogP contribution in [0.5, 0.6) is 11.6 Å². The number of benzene rings is 2. The molecule has 0 saturated carbocycles. The van der Waals surface area contributed by atoms with Crippen molar-refractivity contribution in [1.82, 2.24) is 20.3 Å². The van der Waals surface area contributed by atoms with Crippen LogP contribution in [-0.4, -0.2) is 48.8 Å². The zero-order valence-electron chi connectivity index (χ0n) is 20.5. The summed E-state index contributed by atoms with van der Waals surface area (Å²) in [6.07, 6.45) is 7.89. The van der Waals surface area contributed by atoms with Crippen LogP contribution in [0.25, 0.3) is 22.0 Å². The molecule has 11 heteroatoms. The quantitative estimate of drug-likeness (QED) is 0.326. The molecule has 0 bridgehead atoms. The second-order valence-electron chi connectivity index (χ2n) is 8.99. The van der Waals surface area contributed by atoms with Gasteiger partial charge in [0.05, 0.1) is 11.9 Å². The van der Waals surface area contributed by atoms with Crippen molar-refractivity contribution in [2.24, 2.45) is 0 Å². The van der Waals surface area contributed by atoms with Gasteiger partial charge in [-0.2, -0.15) is 0 Å². The van der Waals surface area contributed by atoms with Gasteiger partial charge in [-0.05, 0) is 38.4 Å². The van der Waals surface area contributed by atoms with Crippen LogP contribution in [-0.2, 0) is 10.0 Å². The van der Waals surface area contributed by atoms with Gasteiger partial charge in [-0.3, -0.25) is 4.72 Å². The fourth-order valence-corrected chi connectivity index (χ4v) is 5.03. The van der Waals surface area contributed by atoms with Gasteiger partial charge in [0.1, 0.15) is 17.3 Å². The lowest BCUT2D eigenvalue weighted by Crippen LogP contribution is -2.38. The topological polar surface area (TPSA) is 118 Å². The van der Waals surface area contributed by atoms with Gasteiger partial charge in [0.2, 0.25) is 15.9 Å². The number of piperidine rings is 1. The summed E-state index contributed by atoms with van der Waals surface area (Å²) in [5.74, 6) is 0.415. The first-order valence-corrected chi connectivity index (χ1v) is 13.8. The van der Waals surface area contributed by atoms with E-state index in [-0.39, 0.29) is 28.9 Å². The molecule has 0 amide bonds. The number of pyridine rings is 1. The van der Waals surface area contributed by atoms with Gasteiger partial charge in [0, 0.05) is 53.1 Å². The van der Waals surface area contributed by atoms with E-state index in [1.165, 1.54) is 13.1 Å². The van der Waals surface area contributed by atoms with E-state index < -0.39 is 15.8 Å². The fraction of sp³-hybridized carbons (Fsp3) is 0.269. The monoisotopic (exact) mass is 522 g/mol. The van der Waals surface area contributed by atoms with Crippen LogP contribution in [0.1, 0.15) is 18.4 Å². The van der Waals surface area contributed by atoms with Crippen LogP contribution in [0.3, 0.4) is 0 Å². The second kappa shape index (κ2) is 10.3. The number of fused-ring (bicyclic) bond motifs is 1. The number of hydrogen-bond donors (Lipinski definition) is 3. The molecule has 0 aliphatic carbocycles. The van der Waals surface area contributed by atoms with E-state index in [2.05, 4.69) is 30.3 Å². The number of hydrogen-bond acceptors (Lipinski definition) is 8. The lowest BCUT2D eigenvalue weighted by atomic mass is 10.0. The Labute approximate surface area is 214 Å². The number of ether oxygens (including phenoxy) is 1. The van der Waals surface area contributed by atoms with E-state index in [4.69, 9.17) is 4.74 Å². The molecule has 3 heterocycles. The number of nitrogens with zero attached hydrogens (tertiary/aromatic N) is 3. The highest BCUT2D eigenvalue weighted by Gasteiger charge is 2.22. The van der Waals surface area contributed by atoms with Crippen LogP contribution in [0.15, 0.2) is 55.0 Å². The molecule has 192 valence electrons. The Morgan fingerprint density at radius 1 is 1.08 bits per heavy atom. The zero-order valence-corrected chi connectivity index (χ0v) is 21.3. The van der Waals surface area contributed by atoms with Gasteiger partial charge in [-0.1, -0.05) is 24.3 Å². The molecule has 2 aromatic carbocycles. The Bertz CT molecular complexity index is 1560. The maximum absolute atomic E-state index is 15.5. The van der Waals surface area contributed by atoms with Crippen molar-refractivity contribution < 1.29 is 17.5 Å². The summed E-state index contributed by atoms with van der Waals surface area (Å²) in [7, 11) is -3.71. The molecule has 1 unspecified atom stereocenters. The maximum atomic E-state index is 15.5. The first-order valence-electron chi connectivity index (χ1n) is 11.9. The standard InChI is InChI=1S/C26H27FN6O3S/c1-16-22(27)24(33-37(2,34)35)19-7-3-4-8-20(19)25(16)36-26-23(30-12-13-31-26)17-9-11-29-21(14-17)32-18-6-5-10-28-15-18/h3-4,7-9,11-14,18,28,33H,5-6,10,15H2,1-2H3,(H,29,32). The molecule has 4 aromatic rings. The Hall–Kier alpha value is -3.83. The molecule has 1 fully saturated rings. The molecule has 1 saturated heterocycles. The lowest BCUT2D eigenvalue weighted by Gasteiger charge is -2.24. The van der Waals surface area contributed by atoms with E-state index in [1.54, 1.807) is 36.7 Å². The van der Waals surface area contributed by atoms with Gasteiger partial charge in [-0.25, -0.2) is 27.8 Å². The Morgan fingerprint density at radius 3 is 2.62 bits per heavy atom. The molecule has 5 rings (SSSR count). The molecular formula is C26H27FN6O3S. The highest BCUT2D eigenvalue weighted by atomic mass is 32.2. The molecular weight excluding hydrogens is 495 g/mol. The summed E-state index contributed by atoms with van der Waals surface area (Å²) in [6.45, 7) is 3.42. The summed E-state index contributed by atoms with van der Waals surface area (Å²) in [5.41, 5.74) is 1.23. The maximum Gasteiger partial charge on any atom is 0.246 e. The van der Waals surface area contributed by atoms with Crippen LogP contribution >= 0.6 is 0 Å². The Morgan fingerprint density at radius 2 is 1.86 bits per heavy atom. The van der Waals surface area contributed by atoms with E-state index in [9.17, 15) is 8.42 Å². The summed E-state index contributed by atoms with van der Waals surface area (Å²) in [6, 6.07) is 10.8. The Kier molecular flexibility index (Phi) is 6.90. The lowest BCUT2D eigenvalue weighted by molar-refractivity contribution is 0.459. The highest BCUT2D eigenvalue weighted by molar-refractivity contribution is 7.92. The van der Waals surface area contributed by atoms with Crippen LogP contribution in [0.2, 0.25) is 0 Å². The molecule has 37 heavy (non-hydrogen) atoms. The second-order valence-corrected chi connectivity index (χ2v) is 10.7. The smallest absolute Gasteiger partial charge is 0.246 e. The van der Waals surface area contributed by atoms with Gasteiger partial charge >= 0.3 is 0 Å². The van der Waals surface area contributed by atoms with Gasteiger partial charge < -0.3 is 15.4 Å². The molecule has 1 aliphatic heterocycles. The van der Waals surface area contributed by atoms with E-state index in [0.717, 1.165) is 37.8 Å². The molecule has 0 spiro atoms. The van der Waals surface area contributed by atoms with Crippen molar-refractivity contribution in [1.29, 1.82) is 0 Å². The minimum absolute atomic E-state index is 0.121. The molecule has 1 aliphatic rings. The normalized spacial score (nSPS) is 15.9. The van der Waals surface area contributed by atoms with Crippen molar-refractivity contribution >= 4 is 32.3 Å². The van der Waals surface area contributed by atoms with Gasteiger partial charge in [-0.15, -0.1) is 0 Å². The molecule has 0 radical (unpaired) electrons. The minimum Gasteiger partial charge on any atom is -0.436 e. The average Bonchev–Trinajstić information content (AvgIpc) is 2.89. The summed E-state index contributed by atoms with van der Waals surface area (Å²) >= 11 is 0. The number of nitrogens with one attached hydrogen (secondary N) is 3. The van der Waals surface area contributed by atoms with Crippen LogP contribution < -0.4 is 20.1 Å². The average molecular weight is 523 g/mol. The van der Waals surface area contributed by atoms with Crippen LogP contribution in [0, 0.1) is 12.7 Å². The van der Waals surface area contributed by atoms with E-state index in [0.29, 0.717) is 22.3 Å². The number of sulfonamides is 1.